The molecule has 3 aromatic carbocycles. The van der Waals surface area contributed by atoms with Gasteiger partial charge in [0.2, 0.25) is 23.6 Å². The molecular formula is C47H60N10O7S. The van der Waals surface area contributed by atoms with Crippen LogP contribution in [0.15, 0.2) is 60.7 Å². The number of benzene rings is 3. The maximum absolute atomic E-state index is 14.6. The Morgan fingerprint density at radius 2 is 1.65 bits per heavy atom. The number of carbonyl (C=O) groups excluding carboxylic acids is 5. The summed E-state index contributed by atoms with van der Waals surface area (Å²) >= 11 is 0. The van der Waals surface area contributed by atoms with Crippen molar-refractivity contribution in [1.29, 1.82) is 5.26 Å². The minimum Gasteiger partial charge on any atom is -0.507 e. The van der Waals surface area contributed by atoms with Crippen LogP contribution in [0.25, 0.3) is 22.5 Å². The summed E-state index contributed by atoms with van der Waals surface area (Å²) < 4.78 is 6.08. The maximum atomic E-state index is 14.6. The van der Waals surface area contributed by atoms with Crippen molar-refractivity contribution in [3.05, 3.63) is 94.3 Å². The predicted octanol–water partition coefficient (Wildman–Crippen LogP) is 3.10. The second kappa shape index (κ2) is 22.4. The third kappa shape index (κ3) is 12.4. The SMILES string of the molecule is Cc1nc(-c2ccc(C(C)(C)C)cc2)nc(C)c1C(=O)N[C@@H](CCN)C(=O)N(C)[C@@H]1C(=O)N[C@@H](C)C(=O)N[C@H](C(=O)NCC#N)Cc2ccc(OCCCN)c(c2)-c2cc1ccc2O.S. The largest absolute Gasteiger partial charge is 0.507 e. The van der Waals surface area contributed by atoms with Crippen LogP contribution in [-0.2, 0) is 31.0 Å². The molecule has 4 bridgehead atoms. The van der Waals surface area contributed by atoms with E-state index in [1.54, 1.807) is 38.1 Å². The Kier molecular flexibility index (Phi) is 17.6. The zero-order chi connectivity index (χ0) is 46.9. The highest BCUT2D eigenvalue weighted by molar-refractivity contribution is 7.59. The van der Waals surface area contributed by atoms with E-state index < -0.39 is 53.7 Å². The van der Waals surface area contributed by atoms with Crippen LogP contribution in [0.5, 0.6) is 11.5 Å². The molecule has 0 fully saturated rings. The molecule has 0 radical (unpaired) electrons. The van der Waals surface area contributed by atoms with E-state index >= 15 is 0 Å². The predicted molar refractivity (Wildman–Crippen MR) is 251 cm³/mol. The van der Waals surface area contributed by atoms with Crippen molar-refractivity contribution in [3.8, 4) is 40.1 Å². The Balaban J connectivity index is 0.00000925. The minimum atomic E-state index is -1.43. The topological polar surface area (TPSA) is 268 Å². The number of nitrogens with one attached hydrogen (secondary N) is 4. The Morgan fingerprint density at radius 1 is 0.969 bits per heavy atom. The summed E-state index contributed by atoms with van der Waals surface area (Å²) in [5.41, 5.74) is 16.0. The molecule has 0 saturated carbocycles. The van der Waals surface area contributed by atoms with Crippen LogP contribution in [0, 0.1) is 25.2 Å². The molecule has 1 aromatic heterocycles. The molecule has 1 aliphatic heterocycles. The lowest BCUT2D eigenvalue weighted by molar-refractivity contribution is -0.141. The van der Waals surface area contributed by atoms with Crippen LogP contribution in [0.4, 0.5) is 0 Å². The number of nitrogens with zero attached hydrogens (tertiary/aromatic N) is 4. The standard InChI is InChI=1S/C47H58N10O7.H2S/c1-26-39(27(2)53-41(52-26)30-10-13-32(14-11-30)47(4,5)6)44(61)55-35(17-19-49)46(63)57(7)40-31-12-15-37(58)33(25-31)34-23-29(9-16-38(34)64-22-8-18-48)24-36(43(60)51-21-20-50)56-42(59)28(3)54-45(40)62;/h9-16,23,25,28,35-36,40,58H,8,17-19,21-22,24,48-49H2,1-7H3,(H,51,60)(H,54,62)(H,55,61)(H,56,59);1H2/t28-,35-,36-,40-;/m0./s1. The molecule has 4 atom stereocenters. The van der Waals surface area contributed by atoms with E-state index in [1.807, 2.05) is 30.3 Å². The zero-order valence-corrected chi connectivity index (χ0v) is 38.9. The van der Waals surface area contributed by atoms with E-state index in [-0.39, 0.29) is 73.9 Å². The summed E-state index contributed by atoms with van der Waals surface area (Å²) in [6.07, 6.45) is 0.499. The van der Waals surface area contributed by atoms with Gasteiger partial charge in [0, 0.05) is 30.2 Å². The summed E-state index contributed by atoms with van der Waals surface area (Å²) in [6.45, 7) is 11.5. The van der Waals surface area contributed by atoms with Crippen LogP contribution >= 0.6 is 13.5 Å². The number of nitrogens with two attached hydrogens (primary N) is 2. The summed E-state index contributed by atoms with van der Waals surface area (Å²) in [4.78, 5) is 80.4. The van der Waals surface area contributed by atoms with E-state index in [0.717, 1.165) is 16.0 Å². The van der Waals surface area contributed by atoms with Crippen LogP contribution in [0.1, 0.15) is 85.0 Å². The van der Waals surface area contributed by atoms with Gasteiger partial charge in [-0.1, -0.05) is 57.2 Å². The van der Waals surface area contributed by atoms with Gasteiger partial charge in [-0.3, -0.25) is 24.0 Å². The Morgan fingerprint density at radius 3 is 2.26 bits per heavy atom. The lowest BCUT2D eigenvalue weighted by Gasteiger charge is -2.32. The third-order valence-corrected chi connectivity index (χ3v) is 11.0. The highest BCUT2D eigenvalue weighted by atomic mass is 32.1. The first kappa shape index (κ1) is 51.1. The number of phenols is 1. The van der Waals surface area contributed by atoms with Gasteiger partial charge in [-0.2, -0.15) is 18.8 Å². The van der Waals surface area contributed by atoms with Gasteiger partial charge in [0.25, 0.3) is 5.91 Å². The fourth-order valence-corrected chi connectivity index (χ4v) is 7.47. The smallest absolute Gasteiger partial charge is 0.255 e. The first-order valence-corrected chi connectivity index (χ1v) is 21.2. The van der Waals surface area contributed by atoms with E-state index in [9.17, 15) is 29.1 Å². The van der Waals surface area contributed by atoms with Crippen molar-refractivity contribution in [2.24, 2.45) is 11.5 Å². The van der Waals surface area contributed by atoms with Gasteiger partial charge in [0.15, 0.2) is 5.82 Å². The second-order valence-electron chi connectivity index (χ2n) is 16.8. The van der Waals surface area contributed by atoms with Crippen molar-refractivity contribution < 1.29 is 33.8 Å². The first-order valence-electron chi connectivity index (χ1n) is 21.2. The number of phenolic OH excluding ortho intramolecular Hbond substituents is 1. The van der Waals surface area contributed by atoms with Crippen LogP contribution < -0.4 is 37.5 Å². The molecule has 18 heteroatoms. The highest BCUT2D eigenvalue weighted by Crippen LogP contribution is 2.39. The van der Waals surface area contributed by atoms with Crippen molar-refractivity contribution in [3.63, 3.8) is 0 Å². The lowest BCUT2D eigenvalue weighted by atomic mass is 9.86. The van der Waals surface area contributed by atoms with Gasteiger partial charge in [0.05, 0.1) is 29.6 Å². The molecule has 1 aliphatic rings. The van der Waals surface area contributed by atoms with E-state index in [1.165, 1.54) is 26.1 Å². The fraction of sp³-hybridized carbons (Fsp3) is 0.404. The van der Waals surface area contributed by atoms with Crippen LogP contribution in [0.3, 0.4) is 0 Å². The van der Waals surface area contributed by atoms with Crippen LogP contribution in [-0.4, -0.2) is 101 Å². The molecule has 0 aliphatic carbocycles. The Bertz CT molecular complexity index is 2410. The number of hydrogen-bond donors (Lipinski definition) is 7. The number of amides is 5. The summed E-state index contributed by atoms with van der Waals surface area (Å²) in [5.74, 6) is -2.80. The molecule has 5 rings (SSSR count). The number of rotatable bonds is 13. The second-order valence-corrected chi connectivity index (χ2v) is 16.8. The van der Waals surface area contributed by atoms with Gasteiger partial charge in [0.1, 0.15) is 42.2 Å². The van der Waals surface area contributed by atoms with E-state index in [4.69, 9.17) is 21.5 Å². The molecule has 17 nitrogen and oxygen atoms in total. The molecule has 0 unspecified atom stereocenters. The van der Waals surface area contributed by atoms with E-state index in [2.05, 4.69) is 52.0 Å². The number of aromatic nitrogens is 2. The monoisotopic (exact) mass is 908 g/mol. The van der Waals surface area contributed by atoms with Gasteiger partial charge in [-0.25, -0.2) is 9.97 Å². The molecule has 2 heterocycles. The van der Waals surface area contributed by atoms with Gasteiger partial charge < -0.3 is 47.5 Å². The quantitative estimate of drug-likeness (QED) is 0.0754. The van der Waals surface area contributed by atoms with Crippen LogP contribution in [0.2, 0.25) is 0 Å². The van der Waals surface area contributed by atoms with Crippen molar-refractivity contribution in [2.75, 3.05) is 33.3 Å². The minimum absolute atomic E-state index is 0. The van der Waals surface area contributed by atoms with Crippen molar-refractivity contribution in [1.82, 2.24) is 36.1 Å². The van der Waals surface area contributed by atoms with Gasteiger partial charge >= 0.3 is 0 Å². The lowest BCUT2D eigenvalue weighted by Crippen LogP contribution is -2.56. The van der Waals surface area contributed by atoms with Crippen molar-refractivity contribution in [2.45, 2.75) is 90.4 Å². The average molecular weight is 909 g/mol. The molecule has 346 valence electrons. The van der Waals surface area contributed by atoms with Gasteiger partial charge in [-0.05, 0) is 93.1 Å². The molecule has 0 saturated heterocycles. The number of hydrogen-bond acceptors (Lipinski definition) is 12. The number of carbonyl (C=O) groups is 5. The third-order valence-electron chi connectivity index (χ3n) is 11.0. The Hall–Kier alpha value is -6.55. The molecular weight excluding hydrogens is 849 g/mol. The first-order chi connectivity index (χ1) is 30.4. The number of aromatic hydroxyl groups is 1. The highest BCUT2D eigenvalue weighted by Gasteiger charge is 2.36. The molecule has 0 spiro atoms. The summed E-state index contributed by atoms with van der Waals surface area (Å²) in [6, 6.07) is 14.2. The van der Waals surface area contributed by atoms with E-state index in [0.29, 0.717) is 47.1 Å². The summed E-state index contributed by atoms with van der Waals surface area (Å²) in [7, 11) is 1.39. The Labute approximate surface area is 386 Å². The molecule has 5 amide bonds. The number of likely N-dealkylation sites (N-methyl/N-ethyl adjacent to an activating group) is 1. The van der Waals surface area contributed by atoms with Gasteiger partial charge in [-0.15, -0.1) is 0 Å². The molecule has 9 N–H and O–H groups in total. The summed E-state index contributed by atoms with van der Waals surface area (Å²) in [5, 5.41) is 31.1. The maximum Gasteiger partial charge on any atom is 0.255 e. The molecule has 4 aromatic rings. The number of aryl methyl sites for hydroxylation is 2. The number of ether oxygens (including phenoxy) is 1. The van der Waals surface area contributed by atoms with Crippen molar-refractivity contribution >= 4 is 43.0 Å². The zero-order valence-electron chi connectivity index (χ0n) is 37.9. The fourth-order valence-electron chi connectivity index (χ4n) is 7.47. The molecule has 65 heavy (non-hydrogen) atoms. The average Bonchev–Trinajstić information content (AvgIpc) is 3.25. The number of nitriles is 1. The normalized spacial score (nSPS) is 16.6. The number of fused-ring (bicyclic) bond motifs is 5.